The molecule has 0 aliphatic heterocycles. The lowest BCUT2D eigenvalue weighted by Gasteiger charge is -2.38. The van der Waals surface area contributed by atoms with Gasteiger partial charge >= 0.3 is 12.1 Å². The lowest BCUT2D eigenvalue weighted by Crippen LogP contribution is -2.44. The average Bonchev–Trinajstić information content (AvgIpc) is 2.63. The SMILES string of the molecule is COC(=O)/C=C/C(CCNC(=O)OCc1ccccc1)O[Si](C)(C)C(C)(C)C. The van der Waals surface area contributed by atoms with Crippen molar-refractivity contribution < 1.29 is 23.5 Å². The Hall–Kier alpha value is -2.12. The second-order valence-electron chi connectivity index (χ2n) is 8.08. The first kappa shape index (κ1) is 23.9. The molecule has 0 bridgehead atoms. The van der Waals surface area contributed by atoms with Crippen LogP contribution < -0.4 is 5.32 Å². The number of nitrogens with one attached hydrogen (secondary N) is 1. The number of hydrogen-bond acceptors (Lipinski definition) is 5. The van der Waals surface area contributed by atoms with Crippen molar-refractivity contribution in [3.8, 4) is 0 Å². The summed E-state index contributed by atoms with van der Waals surface area (Å²) in [5.41, 5.74) is 0.929. The Kier molecular flexibility index (Phi) is 9.41. The highest BCUT2D eigenvalue weighted by molar-refractivity contribution is 6.74. The summed E-state index contributed by atoms with van der Waals surface area (Å²) in [7, 11) is -0.700. The Balaban J connectivity index is 2.57. The van der Waals surface area contributed by atoms with Crippen molar-refractivity contribution in [2.45, 2.75) is 58.0 Å². The number of carbonyl (C=O) groups excluding carboxylic acids is 2. The van der Waals surface area contributed by atoms with Crippen LogP contribution in [0.25, 0.3) is 0 Å². The minimum Gasteiger partial charge on any atom is -0.466 e. The summed E-state index contributed by atoms with van der Waals surface area (Å²) in [6.07, 6.45) is 2.82. The molecule has 0 aromatic heterocycles. The van der Waals surface area contributed by atoms with Gasteiger partial charge < -0.3 is 19.2 Å². The van der Waals surface area contributed by atoms with Crippen molar-refractivity contribution in [3.63, 3.8) is 0 Å². The summed E-state index contributed by atoms with van der Waals surface area (Å²) in [4.78, 5) is 23.3. The molecule has 1 aromatic rings. The zero-order chi connectivity index (χ0) is 21.2. The molecule has 1 aromatic carbocycles. The van der Waals surface area contributed by atoms with Gasteiger partial charge in [0.15, 0.2) is 8.32 Å². The molecule has 0 saturated heterocycles. The number of amides is 1. The van der Waals surface area contributed by atoms with Gasteiger partial charge in [0.2, 0.25) is 0 Å². The van der Waals surface area contributed by atoms with Crippen molar-refractivity contribution in [1.29, 1.82) is 0 Å². The molecule has 6 nitrogen and oxygen atoms in total. The van der Waals surface area contributed by atoms with E-state index in [1.807, 2.05) is 30.3 Å². The first-order chi connectivity index (χ1) is 13.0. The quantitative estimate of drug-likeness (QED) is 0.373. The van der Waals surface area contributed by atoms with E-state index < -0.39 is 20.4 Å². The normalized spacial score (nSPS) is 13.2. The van der Waals surface area contributed by atoms with Crippen LogP contribution in [0.15, 0.2) is 42.5 Å². The topological polar surface area (TPSA) is 73.9 Å². The lowest BCUT2D eigenvalue weighted by molar-refractivity contribution is -0.134. The van der Waals surface area contributed by atoms with Gasteiger partial charge in [-0.05, 0) is 36.2 Å². The third-order valence-electron chi connectivity index (χ3n) is 4.81. The van der Waals surface area contributed by atoms with Crippen molar-refractivity contribution in [3.05, 3.63) is 48.0 Å². The Morgan fingerprint density at radius 1 is 1.18 bits per heavy atom. The molecule has 1 N–H and O–H groups in total. The van der Waals surface area contributed by atoms with Gasteiger partial charge in [0.05, 0.1) is 13.2 Å². The van der Waals surface area contributed by atoms with Crippen LogP contribution in [0.3, 0.4) is 0 Å². The van der Waals surface area contributed by atoms with Crippen molar-refractivity contribution in [2.75, 3.05) is 13.7 Å². The molecule has 0 aliphatic rings. The Morgan fingerprint density at radius 3 is 2.39 bits per heavy atom. The highest BCUT2D eigenvalue weighted by atomic mass is 28.4. The van der Waals surface area contributed by atoms with Gasteiger partial charge in [0.25, 0.3) is 0 Å². The van der Waals surface area contributed by atoms with E-state index in [-0.39, 0.29) is 17.7 Å². The van der Waals surface area contributed by atoms with Crippen LogP contribution in [-0.2, 0) is 25.3 Å². The van der Waals surface area contributed by atoms with E-state index >= 15 is 0 Å². The van der Waals surface area contributed by atoms with E-state index in [4.69, 9.17) is 9.16 Å². The van der Waals surface area contributed by atoms with Gasteiger partial charge in [-0.2, -0.15) is 0 Å². The Morgan fingerprint density at radius 2 is 1.82 bits per heavy atom. The van der Waals surface area contributed by atoms with Crippen molar-refractivity contribution in [2.24, 2.45) is 0 Å². The molecule has 0 fully saturated rings. The second kappa shape index (κ2) is 11.0. The number of benzene rings is 1. The average molecular weight is 408 g/mol. The van der Waals surface area contributed by atoms with E-state index in [1.54, 1.807) is 6.08 Å². The number of hydrogen-bond donors (Lipinski definition) is 1. The molecule has 1 rings (SSSR count). The maximum atomic E-state index is 11.9. The van der Waals surface area contributed by atoms with Crippen molar-refractivity contribution >= 4 is 20.4 Å². The summed E-state index contributed by atoms with van der Waals surface area (Å²) in [5.74, 6) is -0.431. The van der Waals surface area contributed by atoms with Gasteiger partial charge in [0.1, 0.15) is 6.61 Å². The second-order valence-corrected chi connectivity index (χ2v) is 12.8. The standard InChI is InChI=1S/C21H33NO5Si/c1-21(2,3)28(5,6)27-18(12-13-19(23)25-4)14-15-22-20(24)26-16-17-10-8-7-9-11-17/h7-13,18H,14-16H2,1-6H3,(H,22,24)/b13-12+. The number of esters is 1. The van der Waals surface area contributed by atoms with Crippen LogP contribution in [-0.4, -0.2) is 40.1 Å². The monoisotopic (exact) mass is 407 g/mol. The molecule has 7 heteroatoms. The lowest BCUT2D eigenvalue weighted by atomic mass is 10.2. The molecule has 0 spiro atoms. The molecule has 28 heavy (non-hydrogen) atoms. The zero-order valence-corrected chi connectivity index (χ0v) is 18.8. The minimum atomic E-state index is -2.03. The first-order valence-corrected chi connectivity index (χ1v) is 12.3. The van der Waals surface area contributed by atoms with E-state index in [1.165, 1.54) is 13.2 Å². The van der Waals surface area contributed by atoms with Gasteiger partial charge in [-0.15, -0.1) is 0 Å². The number of rotatable bonds is 9. The summed E-state index contributed by atoms with van der Waals surface area (Å²) in [6.45, 7) is 11.3. The maximum Gasteiger partial charge on any atom is 0.407 e. The summed E-state index contributed by atoms with van der Waals surface area (Å²) >= 11 is 0. The Labute approximate surface area is 169 Å². The number of ether oxygens (including phenoxy) is 2. The van der Waals surface area contributed by atoms with Crippen LogP contribution in [0, 0.1) is 0 Å². The molecule has 1 atom stereocenters. The molecule has 0 radical (unpaired) electrons. The summed E-state index contributed by atoms with van der Waals surface area (Å²) in [5, 5.41) is 2.77. The molecule has 1 amide bonds. The molecule has 156 valence electrons. The van der Waals surface area contributed by atoms with Gasteiger partial charge in [-0.25, -0.2) is 9.59 Å². The van der Waals surface area contributed by atoms with Crippen molar-refractivity contribution in [1.82, 2.24) is 5.32 Å². The van der Waals surface area contributed by atoms with E-state index in [9.17, 15) is 9.59 Å². The third kappa shape index (κ3) is 8.71. The van der Waals surface area contributed by atoms with Gasteiger partial charge in [-0.1, -0.05) is 51.1 Å². The van der Waals surface area contributed by atoms with E-state index in [0.717, 1.165) is 5.56 Å². The van der Waals surface area contributed by atoms with Crippen LogP contribution in [0.5, 0.6) is 0 Å². The largest absolute Gasteiger partial charge is 0.466 e. The number of carbonyl (C=O) groups is 2. The fourth-order valence-electron chi connectivity index (χ4n) is 2.09. The summed E-state index contributed by atoms with van der Waals surface area (Å²) in [6, 6.07) is 9.50. The number of alkyl carbamates (subject to hydrolysis) is 1. The molecule has 0 heterocycles. The maximum absolute atomic E-state index is 11.9. The molecule has 1 unspecified atom stereocenters. The first-order valence-electron chi connectivity index (χ1n) is 9.43. The van der Waals surface area contributed by atoms with Gasteiger partial charge in [0, 0.05) is 12.6 Å². The van der Waals surface area contributed by atoms with Crippen LogP contribution >= 0.6 is 0 Å². The van der Waals surface area contributed by atoms with Crippen LogP contribution in [0.4, 0.5) is 4.79 Å². The minimum absolute atomic E-state index is 0.0341. The number of methoxy groups -OCH3 is 1. The fraction of sp³-hybridized carbons (Fsp3) is 0.524. The highest BCUT2D eigenvalue weighted by Gasteiger charge is 2.38. The predicted molar refractivity (Wildman–Crippen MR) is 112 cm³/mol. The zero-order valence-electron chi connectivity index (χ0n) is 17.8. The summed E-state index contributed by atoms with van der Waals surface area (Å²) < 4.78 is 16.2. The van der Waals surface area contributed by atoms with E-state index in [0.29, 0.717) is 13.0 Å². The molecular formula is C21H33NO5Si. The van der Waals surface area contributed by atoms with Crippen LogP contribution in [0.1, 0.15) is 32.8 Å². The van der Waals surface area contributed by atoms with E-state index in [2.05, 4.69) is 43.9 Å². The molecule has 0 saturated carbocycles. The third-order valence-corrected chi connectivity index (χ3v) is 9.32. The van der Waals surface area contributed by atoms with Gasteiger partial charge in [-0.3, -0.25) is 0 Å². The smallest absolute Gasteiger partial charge is 0.407 e. The highest BCUT2D eigenvalue weighted by Crippen LogP contribution is 2.37. The van der Waals surface area contributed by atoms with Crippen LogP contribution in [0.2, 0.25) is 18.1 Å². The predicted octanol–water partition coefficient (Wildman–Crippen LogP) is 4.42. The molecule has 0 aliphatic carbocycles. The fourth-order valence-corrected chi connectivity index (χ4v) is 3.40. The Bertz CT molecular complexity index is 653. The molecular weight excluding hydrogens is 374 g/mol.